The van der Waals surface area contributed by atoms with Crippen LogP contribution in [0.15, 0.2) is 102 Å². The van der Waals surface area contributed by atoms with Gasteiger partial charge in [-0.15, -0.1) is 0 Å². The molecule has 0 aromatic heterocycles. The summed E-state index contributed by atoms with van der Waals surface area (Å²) in [5, 5.41) is 4.29. The lowest BCUT2D eigenvalue weighted by Crippen LogP contribution is -2.51. The van der Waals surface area contributed by atoms with Crippen LogP contribution in [0.4, 0.5) is 17.6 Å². The van der Waals surface area contributed by atoms with Crippen LogP contribution >= 0.6 is 7.51 Å². The molecule has 1 unspecified atom stereocenters. The summed E-state index contributed by atoms with van der Waals surface area (Å²) in [4.78, 5) is 0. The third kappa shape index (κ3) is 5.64. The molecule has 4 aromatic carbocycles. The summed E-state index contributed by atoms with van der Waals surface area (Å²) in [5.74, 6) is -0.711. The largest absolute Gasteiger partial charge is 0.244 e. The molecule has 0 bridgehead atoms. The van der Waals surface area contributed by atoms with Crippen LogP contribution in [0.25, 0.3) is 0 Å². The van der Waals surface area contributed by atoms with Crippen molar-refractivity contribution in [1.82, 2.24) is 14.4 Å². The van der Waals surface area contributed by atoms with Crippen molar-refractivity contribution in [2.45, 2.75) is 87.4 Å². The van der Waals surface area contributed by atoms with Crippen molar-refractivity contribution in [2.75, 3.05) is 14.1 Å². The van der Waals surface area contributed by atoms with Gasteiger partial charge in [-0.25, -0.2) is 36.7 Å². The molecule has 4 nitrogen and oxygen atoms in total. The second-order valence-electron chi connectivity index (χ2n) is 15.2. The van der Waals surface area contributed by atoms with Crippen molar-refractivity contribution < 1.29 is 17.6 Å². The molecule has 1 N–H and O–H groups in total. The maximum atomic E-state index is 14.7. The number of rotatable bonds is 6. The van der Waals surface area contributed by atoms with E-state index in [1.54, 1.807) is 0 Å². The summed E-state index contributed by atoms with van der Waals surface area (Å²) in [6.45, 7) is 0. The summed E-state index contributed by atoms with van der Waals surface area (Å²) in [5.41, 5.74) is 1.76. The molecule has 1 spiro atoms. The smallest absolute Gasteiger partial charge is 0.167 e. The molecule has 3 atom stereocenters. The van der Waals surface area contributed by atoms with Gasteiger partial charge in [0.15, 0.2) is 7.51 Å². The molecular formula is C42H47F4N4P. The zero-order valence-corrected chi connectivity index (χ0v) is 30.3. The number of likely N-dealkylation sites (N-methyl/N-ethyl adjacent to an activating group) is 2. The summed E-state index contributed by atoms with van der Waals surface area (Å²) in [6, 6.07) is 26.8. The van der Waals surface area contributed by atoms with Gasteiger partial charge in [-0.3, -0.25) is 0 Å². The molecule has 1 saturated heterocycles. The van der Waals surface area contributed by atoms with Gasteiger partial charge < -0.3 is 0 Å². The van der Waals surface area contributed by atoms with Crippen molar-refractivity contribution in [3.8, 4) is 0 Å². The summed E-state index contributed by atoms with van der Waals surface area (Å²) in [7, 11) is 1.47. The number of hydrogen-bond donors (Lipinski definition) is 1. The Morgan fingerprint density at radius 2 is 0.843 bits per heavy atom. The first-order valence-electron chi connectivity index (χ1n) is 18.6. The Hall–Kier alpha value is -3.29. The molecule has 2 aliphatic carbocycles. The molecule has 0 amide bonds. The Morgan fingerprint density at radius 1 is 0.510 bits per heavy atom. The Kier molecular flexibility index (Phi) is 9.27. The van der Waals surface area contributed by atoms with Crippen LogP contribution in [0.1, 0.15) is 86.5 Å². The van der Waals surface area contributed by atoms with Gasteiger partial charge in [-0.2, -0.15) is 0 Å². The van der Waals surface area contributed by atoms with Crippen LogP contribution in [0, 0.1) is 35.1 Å². The average molecular weight is 715 g/mol. The number of nitrogens with one attached hydrogen (secondary N) is 1. The maximum absolute atomic E-state index is 14.7. The average Bonchev–Trinajstić information content (AvgIpc) is 3.58. The Labute approximate surface area is 299 Å². The zero-order valence-electron chi connectivity index (χ0n) is 29.4. The van der Waals surface area contributed by atoms with Gasteiger partial charge in [0, 0.05) is 6.04 Å². The molecule has 2 saturated carbocycles. The lowest BCUT2D eigenvalue weighted by atomic mass is 9.69. The molecule has 4 aliphatic rings. The second kappa shape index (κ2) is 13.6. The van der Waals surface area contributed by atoms with E-state index in [-0.39, 0.29) is 47.2 Å². The minimum Gasteiger partial charge on any atom is -0.244 e. The van der Waals surface area contributed by atoms with Crippen molar-refractivity contribution in [1.29, 1.82) is 0 Å². The van der Waals surface area contributed by atoms with E-state index in [0.29, 0.717) is 0 Å². The van der Waals surface area contributed by atoms with Crippen molar-refractivity contribution in [3.63, 3.8) is 0 Å². The van der Waals surface area contributed by atoms with Crippen LogP contribution < -0.4 is 5.09 Å². The highest BCUT2D eigenvalue weighted by Gasteiger charge is 2.66. The Bertz CT molecular complexity index is 1790. The molecule has 51 heavy (non-hydrogen) atoms. The van der Waals surface area contributed by atoms with Gasteiger partial charge in [-0.05, 0) is 122 Å². The number of halogens is 4. The van der Waals surface area contributed by atoms with Gasteiger partial charge in [0.05, 0.1) is 11.6 Å². The number of benzene rings is 4. The van der Waals surface area contributed by atoms with E-state index < -0.39 is 18.6 Å². The van der Waals surface area contributed by atoms with Crippen LogP contribution in [0.2, 0.25) is 0 Å². The highest BCUT2D eigenvalue weighted by Crippen LogP contribution is 2.73. The van der Waals surface area contributed by atoms with E-state index in [1.165, 1.54) is 61.4 Å². The molecule has 268 valence electrons. The molecule has 9 heteroatoms. The van der Waals surface area contributed by atoms with Gasteiger partial charge >= 0.3 is 0 Å². The van der Waals surface area contributed by atoms with Gasteiger partial charge in [0.1, 0.15) is 28.8 Å². The minimum absolute atomic E-state index is 0.0995. The Balaban J connectivity index is 1.45. The van der Waals surface area contributed by atoms with Gasteiger partial charge in [0.2, 0.25) is 0 Å². The first-order valence-corrected chi connectivity index (χ1v) is 20.3. The third-order valence-corrected chi connectivity index (χ3v) is 16.0. The van der Waals surface area contributed by atoms with Crippen molar-refractivity contribution in [2.24, 2.45) is 16.6 Å². The van der Waals surface area contributed by atoms with Crippen LogP contribution in [0.3, 0.4) is 0 Å². The highest BCUT2D eigenvalue weighted by atomic mass is 31.2. The van der Waals surface area contributed by atoms with Crippen LogP contribution in [-0.4, -0.2) is 35.5 Å². The van der Waals surface area contributed by atoms with E-state index >= 15 is 0 Å². The van der Waals surface area contributed by atoms with E-state index in [0.717, 1.165) is 73.6 Å². The van der Waals surface area contributed by atoms with E-state index in [2.05, 4.69) is 28.5 Å². The molecule has 8 rings (SSSR count). The van der Waals surface area contributed by atoms with Crippen LogP contribution in [0.5, 0.6) is 0 Å². The SMILES string of the molecule is CN1[C@@H](C2CCCCC2)C(c2ccc(F)cc2)(c2ccc(F)cc2)N=P12NC(c1ccc(F)cc1)(c1ccc(F)cc1)[C@H](C1CCCCC1)N2C. The topological polar surface area (TPSA) is 30.9 Å². The molecule has 2 heterocycles. The standard InChI is InChI=1S/C42H47F4N4P/c1-49-39(29-9-5-3-6-10-29)41(31-13-21-35(43)22-14-31,32-15-23-36(44)24-16-32)47-51(49)48-42(33-17-25-37(45)26-18-33,34-19-27-38(46)28-20-34)40(50(51)2)30-11-7-4-8-12-30/h13-30,39-40,47H,3-12H2,1-2H3/t39-,40-,51?/m0/s1. The predicted molar refractivity (Wildman–Crippen MR) is 196 cm³/mol. The lowest BCUT2D eigenvalue weighted by molar-refractivity contribution is 0.156. The Morgan fingerprint density at radius 3 is 1.24 bits per heavy atom. The highest BCUT2D eigenvalue weighted by molar-refractivity contribution is 7.60. The van der Waals surface area contributed by atoms with Crippen molar-refractivity contribution in [3.05, 3.63) is 143 Å². The number of nitrogens with zero attached hydrogens (tertiary/aromatic N) is 3. The molecule has 0 radical (unpaired) electrons. The number of hydrogen-bond acceptors (Lipinski definition) is 4. The molecular weight excluding hydrogens is 667 g/mol. The normalized spacial score (nSPS) is 27.2. The van der Waals surface area contributed by atoms with Gasteiger partial charge in [0.25, 0.3) is 0 Å². The zero-order chi connectivity index (χ0) is 35.4. The summed E-state index contributed by atoms with van der Waals surface area (Å²) >= 11 is 0. The first-order chi connectivity index (χ1) is 24.7. The molecule has 3 fully saturated rings. The molecule has 2 aliphatic heterocycles. The van der Waals surface area contributed by atoms with E-state index in [9.17, 15) is 17.6 Å². The third-order valence-electron chi connectivity index (χ3n) is 12.5. The minimum atomic E-state index is -2.91. The maximum Gasteiger partial charge on any atom is 0.167 e. The van der Waals surface area contributed by atoms with E-state index in [4.69, 9.17) is 4.74 Å². The fraction of sp³-hybridized carbons (Fsp3) is 0.429. The first kappa shape index (κ1) is 34.8. The summed E-state index contributed by atoms with van der Waals surface area (Å²) < 4.78 is 69.9. The fourth-order valence-electron chi connectivity index (χ4n) is 10.3. The molecule has 4 aromatic rings. The predicted octanol–water partition coefficient (Wildman–Crippen LogP) is 10.8. The lowest BCUT2D eigenvalue weighted by Gasteiger charge is -2.44. The van der Waals surface area contributed by atoms with E-state index in [1.807, 2.05) is 48.5 Å². The quantitative estimate of drug-likeness (QED) is 0.159. The monoisotopic (exact) mass is 714 g/mol. The fourth-order valence-corrected chi connectivity index (χ4v) is 14.5. The van der Waals surface area contributed by atoms with Crippen LogP contribution in [-0.2, 0) is 11.1 Å². The van der Waals surface area contributed by atoms with Crippen molar-refractivity contribution >= 4 is 7.51 Å². The second-order valence-corrected chi connectivity index (χ2v) is 18.0. The van der Waals surface area contributed by atoms with Gasteiger partial charge in [-0.1, -0.05) is 87.1 Å². The summed E-state index contributed by atoms with van der Waals surface area (Å²) in [6.07, 6.45) is 11.0.